The summed E-state index contributed by atoms with van der Waals surface area (Å²) in [6, 6.07) is 7.73. The van der Waals surface area contributed by atoms with Gasteiger partial charge in [-0.25, -0.2) is 9.67 Å². The van der Waals surface area contributed by atoms with Gasteiger partial charge in [-0.15, -0.1) is 11.6 Å². The second-order valence-electron chi connectivity index (χ2n) is 4.87. The van der Waals surface area contributed by atoms with E-state index in [1.165, 1.54) is 0 Å². The molecule has 0 bridgehead atoms. The van der Waals surface area contributed by atoms with Crippen molar-refractivity contribution in [2.75, 3.05) is 5.88 Å². The highest BCUT2D eigenvalue weighted by Crippen LogP contribution is 2.25. The van der Waals surface area contributed by atoms with Crippen molar-refractivity contribution >= 4 is 34.4 Å². The molecular weight excluding hydrogens is 307 g/mol. The van der Waals surface area contributed by atoms with Crippen molar-refractivity contribution in [1.29, 1.82) is 0 Å². The van der Waals surface area contributed by atoms with E-state index in [1.807, 2.05) is 36.0 Å². The van der Waals surface area contributed by atoms with Crippen molar-refractivity contribution in [3.63, 3.8) is 0 Å². The molecule has 1 aromatic carbocycles. The van der Waals surface area contributed by atoms with Crippen molar-refractivity contribution in [2.24, 2.45) is 7.05 Å². The van der Waals surface area contributed by atoms with Crippen LogP contribution in [-0.2, 0) is 19.9 Å². The Morgan fingerprint density at radius 1 is 1.19 bits per heavy atom. The first kappa shape index (κ1) is 14.4. The zero-order chi connectivity index (χ0) is 15.0. The summed E-state index contributed by atoms with van der Waals surface area (Å²) < 4.78 is 3.99. The van der Waals surface area contributed by atoms with Crippen LogP contribution in [0.1, 0.15) is 18.4 Å². The van der Waals surface area contributed by atoms with Crippen molar-refractivity contribution in [1.82, 2.24) is 19.3 Å². The lowest BCUT2D eigenvalue weighted by Crippen LogP contribution is -2.06. The lowest BCUT2D eigenvalue weighted by Gasteiger charge is -2.09. The van der Waals surface area contributed by atoms with Crippen LogP contribution in [0.15, 0.2) is 24.3 Å². The van der Waals surface area contributed by atoms with Gasteiger partial charge in [0.1, 0.15) is 11.3 Å². The molecule has 0 aliphatic rings. The molecular formula is C15H16Cl2N4. The molecule has 4 nitrogen and oxygen atoms in total. The Morgan fingerprint density at radius 3 is 2.52 bits per heavy atom. The van der Waals surface area contributed by atoms with Crippen LogP contribution in [0.4, 0.5) is 0 Å². The Morgan fingerprint density at radius 2 is 1.90 bits per heavy atom. The smallest absolute Gasteiger partial charge is 0.163 e. The van der Waals surface area contributed by atoms with Crippen molar-refractivity contribution < 1.29 is 0 Å². The second kappa shape index (κ2) is 5.70. The number of benzene rings is 1. The first-order chi connectivity index (χ1) is 10.2. The van der Waals surface area contributed by atoms with E-state index in [2.05, 4.69) is 16.6 Å². The van der Waals surface area contributed by atoms with Gasteiger partial charge in [-0.2, -0.15) is 5.10 Å². The normalized spacial score (nSPS) is 11.4. The van der Waals surface area contributed by atoms with Gasteiger partial charge in [0.15, 0.2) is 5.65 Å². The maximum atomic E-state index is 5.99. The van der Waals surface area contributed by atoms with Gasteiger partial charge in [-0.3, -0.25) is 4.57 Å². The minimum atomic E-state index is 0.534. The Labute approximate surface area is 133 Å². The largest absolute Gasteiger partial charge is 0.281 e. The molecule has 21 heavy (non-hydrogen) atoms. The van der Waals surface area contributed by atoms with Gasteiger partial charge in [0.05, 0.1) is 5.69 Å². The average molecular weight is 323 g/mol. The fraction of sp³-hybridized carbons (Fsp3) is 0.333. The summed E-state index contributed by atoms with van der Waals surface area (Å²) in [7, 11) is 1.94. The van der Waals surface area contributed by atoms with E-state index in [-0.39, 0.29) is 0 Å². The SMILES string of the molecule is CCc1nn(C)c2c1nc(CCCl)n2-c1ccc(Cl)cc1. The number of hydrogen-bond donors (Lipinski definition) is 0. The molecule has 0 unspecified atom stereocenters. The van der Waals surface area contributed by atoms with Gasteiger partial charge < -0.3 is 0 Å². The summed E-state index contributed by atoms with van der Waals surface area (Å²) in [5.74, 6) is 1.48. The van der Waals surface area contributed by atoms with Crippen LogP contribution >= 0.6 is 23.2 Å². The Hall–Kier alpha value is -1.52. The van der Waals surface area contributed by atoms with E-state index in [1.54, 1.807) is 0 Å². The van der Waals surface area contributed by atoms with Crippen molar-refractivity contribution in [2.45, 2.75) is 19.8 Å². The molecule has 0 saturated heterocycles. The van der Waals surface area contributed by atoms with Crippen LogP contribution in [0.2, 0.25) is 5.02 Å². The number of aromatic nitrogens is 4. The van der Waals surface area contributed by atoms with Gasteiger partial charge in [0, 0.05) is 30.1 Å². The Kier molecular flexibility index (Phi) is 3.91. The molecule has 0 N–H and O–H groups in total. The Bertz CT molecular complexity index is 771. The van der Waals surface area contributed by atoms with Crippen LogP contribution in [0.5, 0.6) is 0 Å². The summed E-state index contributed by atoms with van der Waals surface area (Å²) in [5, 5.41) is 5.26. The maximum absolute atomic E-state index is 5.99. The van der Waals surface area contributed by atoms with Crippen molar-refractivity contribution in [3.05, 3.63) is 40.8 Å². The number of imidazole rings is 1. The van der Waals surface area contributed by atoms with E-state index in [9.17, 15) is 0 Å². The molecule has 0 aliphatic carbocycles. The van der Waals surface area contributed by atoms with E-state index in [0.29, 0.717) is 17.3 Å². The molecule has 6 heteroatoms. The summed E-state index contributed by atoms with van der Waals surface area (Å²) in [6.07, 6.45) is 1.57. The highest BCUT2D eigenvalue weighted by Gasteiger charge is 2.19. The molecule has 3 rings (SSSR count). The van der Waals surface area contributed by atoms with Crippen LogP contribution in [-0.4, -0.2) is 25.2 Å². The van der Waals surface area contributed by atoms with Gasteiger partial charge in [0.25, 0.3) is 0 Å². The van der Waals surface area contributed by atoms with E-state index in [0.717, 1.165) is 34.8 Å². The lowest BCUT2D eigenvalue weighted by molar-refractivity contribution is 0.741. The molecule has 0 atom stereocenters. The highest BCUT2D eigenvalue weighted by atomic mass is 35.5. The molecule has 0 fully saturated rings. The molecule has 2 aromatic heterocycles. The fourth-order valence-electron chi connectivity index (χ4n) is 2.58. The van der Waals surface area contributed by atoms with Crippen LogP contribution in [0, 0.1) is 0 Å². The number of alkyl halides is 1. The van der Waals surface area contributed by atoms with E-state index in [4.69, 9.17) is 28.2 Å². The van der Waals surface area contributed by atoms with Crippen LogP contribution in [0.3, 0.4) is 0 Å². The molecule has 2 heterocycles. The maximum Gasteiger partial charge on any atom is 0.163 e. The summed E-state index contributed by atoms with van der Waals surface area (Å²) in [6.45, 7) is 2.09. The minimum absolute atomic E-state index is 0.534. The van der Waals surface area contributed by atoms with Gasteiger partial charge in [-0.05, 0) is 30.7 Å². The zero-order valence-electron chi connectivity index (χ0n) is 12.0. The number of hydrogen-bond acceptors (Lipinski definition) is 2. The third kappa shape index (κ3) is 2.43. The molecule has 0 amide bonds. The second-order valence-corrected chi connectivity index (χ2v) is 5.69. The number of rotatable bonds is 4. The zero-order valence-corrected chi connectivity index (χ0v) is 13.5. The van der Waals surface area contributed by atoms with Gasteiger partial charge in [-0.1, -0.05) is 18.5 Å². The summed E-state index contributed by atoms with van der Waals surface area (Å²) >= 11 is 11.9. The molecule has 0 saturated carbocycles. The number of fused-ring (bicyclic) bond motifs is 1. The predicted octanol–water partition coefficient (Wildman–Crippen LogP) is 3.76. The van der Waals surface area contributed by atoms with Crippen LogP contribution < -0.4 is 0 Å². The third-order valence-corrected chi connectivity index (χ3v) is 3.95. The topological polar surface area (TPSA) is 35.6 Å². The number of aryl methyl sites for hydroxylation is 3. The van der Waals surface area contributed by atoms with E-state index >= 15 is 0 Å². The van der Waals surface area contributed by atoms with Crippen LogP contribution in [0.25, 0.3) is 16.9 Å². The summed E-state index contributed by atoms with van der Waals surface area (Å²) in [5.41, 5.74) is 3.98. The Balaban J connectivity index is 2.29. The highest BCUT2D eigenvalue weighted by molar-refractivity contribution is 6.30. The first-order valence-corrected chi connectivity index (χ1v) is 7.82. The minimum Gasteiger partial charge on any atom is -0.281 e. The molecule has 3 aromatic rings. The average Bonchev–Trinajstić information content (AvgIpc) is 2.98. The molecule has 0 aliphatic heterocycles. The van der Waals surface area contributed by atoms with Gasteiger partial charge >= 0.3 is 0 Å². The number of nitrogens with zero attached hydrogens (tertiary/aromatic N) is 4. The third-order valence-electron chi connectivity index (χ3n) is 3.51. The molecule has 0 spiro atoms. The standard InChI is InChI=1S/C15H16Cl2N4/c1-3-12-14-15(20(2)19-12)21(13(18-14)8-9-16)11-6-4-10(17)5-7-11/h4-7H,3,8-9H2,1-2H3. The predicted molar refractivity (Wildman–Crippen MR) is 86.6 cm³/mol. The quantitative estimate of drug-likeness (QED) is 0.686. The first-order valence-electron chi connectivity index (χ1n) is 6.90. The monoisotopic (exact) mass is 322 g/mol. The van der Waals surface area contributed by atoms with Gasteiger partial charge in [0.2, 0.25) is 0 Å². The molecule has 0 radical (unpaired) electrons. The van der Waals surface area contributed by atoms with Crippen molar-refractivity contribution in [3.8, 4) is 5.69 Å². The summed E-state index contributed by atoms with van der Waals surface area (Å²) in [4.78, 5) is 4.76. The fourth-order valence-corrected chi connectivity index (χ4v) is 2.87. The van der Waals surface area contributed by atoms with E-state index < -0.39 is 0 Å². The number of halogens is 2. The molecule has 110 valence electrons. The lowest BCUT2D eigenvalue weighted by atomic mass is 10.3.